The van der Waals surface area contributed by atoms with Gasteiger partial charge in [0.15, 0.2) is 0 Å². The van der Waals surface area contributed by atoms with Gasteiger partial charge in [-0.15, -0.1) is 0 Å². The Morgan fingerprint density at radius 3 is 2.74 bits per heavy atom. The van der Waals surface area contributed by atoms with Gasteiger partial charge in [-0.05, 0) is 25.1 Å². The van der Waals surface area contributed by atoms with Gasteiger partial charge < -0.3 is 9.97 Å². The highest BCUT2D eigenvalue weighted by molar-refractivity contribution is 5.80. The zero-order valence-corrected chi connectivity index (χ0v) is 10.1. The van der Waals surface area contributed by atoms with Gasteiger partial charge in [0.1, 0.15) is 6.07 Å². The van der Waals surface area contributed by atoms with Gasteiger partial charge in [-0.25, -0.2) is 14.8 Å². The number of rotatable bonds is 1. The second-order valence-electron chi connectivity index (χ2n) is 4.17. The van der Waals surface area contributed by atoms with E-state index in [1.54, 1.807) is 12.1 Å². The molecule has 0 atom stereocenters. The lowest BCUT2D eigenvalue weighted by Gasteiger charge is -2.02. The Kier molecular flexibility index (Phi) is 2.39. The third-order valence-electron chi connectivity index (χ3n) is 2.77. The van der Waals surface area contributed by atoms with E-state index in [1.807, 2.05) is 25.1 Å². The monoisotopic (exact) mass is 251 g/mol. The normalized spacial score (nSPS) is 10.5. The Labute approximate surface area is 107 Å². The number of hydrogen-bond donors (Lipinski definition) is 2. The Balaban J connectivity index is 2.21. The Morgan fingerprint density at radius 2 is 1.95 bits per heavy atom. The molecule has 0 unspecified atom stereocenters. The Morgan fingerprint density at radius 1 is 1.16 bits per heavy atom. The molecule has 6 nitrogen and oxygen atoms in total. The van der Waals surface area contributed by atoms with E-state index < -0.39 is 0 Å². The molecule has 0 bridgehead atoms. The van der Waals surface area contributed by atoms with Crippen molar-refractivity contribution in [2.24, 2.45) is 0 Å². The van der Waals surface area contributed by atoms with Crippen LogP contribution in [0.3, 0.4) is 0 Å². The molecule has 0 saturated heterocycles. The van der Waals surface area contributed by atoms with Crippen molar-refractivity contribution in [3.63, 3.8) is 0 Å². The number of hydrogen-bond acceptors (Lipinski definition) is 4. The fourth-order valence-corrected chi connectivity index (χ4v) is 1.96. The summed E-state index contributed by atoms with van der Waals surface area (Å²) >= 11 is 0. The lowest BCUT2D eigenvalue weighted by Crippen LogP contribution is -1.99. The van der Waals surface area contributed by atoms with Gasteiger partial charge in [0.2, 0.25) is 5.82 Å². The van der Waals surface area contributed by atoms with E-state index in [0.717, 1.165) is 16.8 Å². The zero-order chi connectivity index (χ0) is 13.4. The molecule has 0 fully saturated rings. The first kappa shape index (κ1) is 11.2. The Hall–Kier alpha value is -2.94. The molecule has 0 saturated carbocycles. The van der Waals surface area contributed by atoms with E-state index >= 15 is 0 Å². The number of aromatic amines is 2. The number of aryl methyl sites for hydroxylation is 1. The number of fused-ring (bicyclic) bond motifs is 1. The van der Waals surface area contributed by atoms with Crippen molar-refractivity contribution in [3.05, 3.63) is 46.3 Å². The largest absolute Gasteiger partial charge is 0.323 e. The summed E-state index contributed by atoms with van der Waals surface area (Å²) in [6, 6.07) is 9.19. The molecule has 19 heavy (non-hydrogen) atoms. The summed E-state index contributed by atoms with van der Waals surface area (Å²) in [5, 5.41) is 8.88. The topological polar surface area (TPSA) is 98.2 Å². The average Bonchev–Trinajstić information content (AvgIpc) is 2.76. The summed E-state index contributed by atoms with van der Waals surface area (Å²) in [5.41, 5.74) is 3.41. The Bertz CT molecular complexity index is 869. The fraction of sp³-hybridized carbons (Fsp3) is 0.0769. The third-order valence-corrected chi connectivity index (χ3v) is 2.77. The van der Waals surface area contributed by atoms with Gasteiger partial charge in [0.05, 0.1) is 16.7 Å². The maximum absolute atomic E-state index is 11.2. The van der Waals surface area contributed by atoms with Crippen molar-refractivity contribution in [1.29, 1.82) is 5.26 Å². The number of nitrogens with zero attached hydrogens (tertiary/aromatic N) is 3. The van der Waals surface area contributed by atoms with Crippen LogP contribution in [-0.4, -0.2) is 19.9 Å². The SMILES string of the molecule is Cc1cc(-c2ccc3[nH]c(=O)[nH]c3c2)nc(C#N)n1. The smallest absolute Gasteiger partial charge is 0.306 e. The molecule has 3 aromatic rings. The minimum absolute atomic E-state index is 0.137. The van der Waals surface area contributed by atoms with Crippen LogP contribution in [-0.2, 0) is 0 Å². The van der Waals surface area contributed by atoms with Crippen LogP contribution in [0.1, 0.15) is 11.5 Å². The molecule has 2 aromatic heterocycles. The molecule has 92 valence electrons. The highest BCUT2D eigenvalue weighted by atomic mass is 16.1. The van der Waals surface area contributed by atoms with Crippen LogP contribution < -0.4 is 5.69 Å². The molecule has 0 aliphatic heterocycles. The van der Waals surface area contributed by atoms with E-state index in [-0.39, 0.29) is 11.5 Å². The standard InChI is InChI=1S/C13H9N5O/c1-7-4-10(16-12(6-14)15-7)8-2-3-9-11(5-8)18-13(19)17-9/h2-5H,1H3,(H2,17,18,19). The number of nitriles is 1. The summed E-state index contributed by atoms with van der Waals surface area (Å²) in [6.45, 7) is 1.81. The second-order valence-corrected chi connectivity index (χ2v) is 4.17. The van der Waals surface area contributed by atoms with Crippen molar-refractivity contribution < 1.29 is 0 Å². The molecule has 0 aliphatic carbocycles. The van der Waals surface area contributed by atoms with Crippen LogP contribution in [0, 0.1) is 18.3 Å². The van der Waals surface area contributed by atoms with E-state index in [0.29, 0.717) is 11.2 Å². The summed E-state index contributed by atoms with van der Waals surface area (Å²) in [4.78, 5) is 24.7. The van der Waals surface area contributed by atoms with Crippen LogP contribution in [0.5, 0.6) is 0 Å². The summed E-state index contributed by atoms with van der Waals surface area (Å²) in [7, 11) is 0. The molecule has 6 heteroatoms. The fourth-order valence-electron chi connectivity index (χ4n) is 1.96. The maximum Gasteiger partial charge on any atom is 0.323 e. The van der Waals surface area contributed by atoms with Crippen molar-refractivity contribution in [2.45, 2.75) is 6.92 Å². The first-order valence-electron chi connectivity index (χ1n) is 5.64. The van der Waals surface area contributed by atoms with Crippen LogP contribution in [0.4, 0.5) is 0 Å². The van der Waals surface area contributed by atoms with Crippen LogP contribution in [0.25, 0.3) is 22.3 Å². The van der Waals surface area contributed by atoms with Crippen molar-refractivity contribution in [2.75, 3.05) is 0 Å². The van der Waals surface area contributed by atoms with Gasteiger partial charge in [0.25, 0.3) is 0 Å². The maximum atomic E-state index is 11.2. The molecular weight excluding hydrogens is 242 g/mol. The van der Waals surface area contributed by atoms with Crippen LogP contribution >= 0.6 is 0 Å². The van der Waals surface area contributed by atoms with Gasteiger partial charge in [0, 0.05) is 11.3 Å². The van der Waals surface area contributed by atoms with Crippen LogP contribution in [0.15, 0.2) is 29.1 Å². The minimum Gasteiger partial charge on any atom is -0.306 e. The summed E-state index contributed by atoms with van der Waals surface area (Å²) in [5.74, 6) is 0.137. The zero-order valence-electron chi connectivity index (χ0n) is 10.1. The molecule has 0 radical (unpaired) electrons. The minimum atomic E-state index is -0.247. The molecule has 0 amide bonds. The molecule has 2 N–H and O–H groups in total. The summed E-state index contributed by atoms with van der Waals surface area (Å²) < 4.78 is 0. The average molecular weight is 251 g/mol. The lowest BCUT2D eigenvalue weighted by molar-refractivity contribution is 1.07. The van der Waals surface area contributed by atoms with E-state index in [4.69, 9.17) is 5.26 Å². The van der Waals surface area contributed by atoms with E-state index in [2.05, 4.69) is 19.9 Å². The van der Waals surface area contributed by atoms with E-state index in [1.165, 1.54) is 0 Å². The molecule has 2 heterocycles. The summed E-state index contributed by atoms with van der Waals surface area (Å²) in [6.07, 6.45) is 0. The highest BCUT2D eigenvalue weighted by Gasteiger charge is 2.06. The molecule has 0 spiro atoms. The number of H-pyrrole nitrogens is 2. The van der Waals surface area contributed by atoms with Gasteiger partial charge in [-0.2, -0.15) is 5.26 Å². The predicted molar refractivity (Wildman–Crippen MR) is 69.4 cm³/mol. The first-order chi connectivity index (χ1) is 9.15. The van der Waals surface area contributed by atoms with Gasteiger partial charge >= 0.3 is 5.69 Å². The second kappa shape index (κ2) is 4.07. The molecule has 1 aromatic carbocycles. The third kappa shape index (κ3) is 1.98. The number of aromatic nitrogens is 4. The van der Waals surface area contributed by atoms with Crippen molar-refractivity contribution >= 4 is 11.0 Å². The predicted octanol–water partition coefficient (Wildman–Crippen LogP) is 1.49. The highest BCUT2D eigenvalue weighted by Crippen LogP contribution is 2.21. The molecule has 3 rings (SSSR count). The number of nitrogens with one attached hydrogen (secondary N) is 2. The van der Waals surface area contributed by atoms with Gasteiger partial charge in [-0.3, -0.25) is 0 Å². The first-order valence-corrected chi connectivity index (χ1v) is 5.64. The van der Waals surface area contributed by atoms with Gasteiger partial charge in [-0.1, -0.05) is 6.07 Å². The van der Waals surface area contributed by atoms with E-state index in [9.17, 15) is 4.79 Å². The van der Waals surface area contributed by atoms with Crippen LogP contribution in [0.2, 0.25) is 0 Å². The van der Waals surface area contributed by atoms with Crippen molar-refractivity contribution in [1.82, 2.24) is 19.9 Å². The number of imidazole rings is 1. The lowest BCUT2D eigenvalue weighted by atomic mass is 10.1. The van der Waals surface area contributed by atoms with Crippen molar-refractivity contribution in [3.8, 4) is 17.3 Å². The molecule has 0 aliphatic rings. The number of benzene rings is 1. The molecular formula is C13H9N5O. The quantitative estimate of drug-likeness (QED) is 0.684.